The Morgan fingerprint density at radius 3 is 2.53 bits per heavy atom. The van der Waals surface area contributed by atoms with E-state index >= 15 is 0 Å². The van der Waals surface area contributed by atoms with E-state index in [1.54, 1.807) is 6.07 Å². The number of carbonyl (C=O) groups is 1. The predicted molar refractivity (Wildman–Crippen MR) is 56.5 cm³/mol. The predicted octanol–water partition coefficient (Wildman–Crippen LogP) is 1.15. The zero-order valence-corrected chi connectivity index (χ0v) is 9.33. The van der Waals surface area contributed by atoms with Crippen LogP contribution >= 0.6 is 0 Å². The SMILES string of the molecule is Cc1ccc([C@@H]2CNC(=O)C2)c(F)c1.O=C=O. The molecule has 0 aromatic heterocycles. The number of rotatable bonds is 1. The third-order valence-electron chi connectivity index (χ3n) is 2.57. The lowest BCUT2D eigenvalue weighted by Crippen LogP contribution is -2.13. The lowest BCUT2D eigenvalue weighted by Gasteiger charge is -2.09. The Kier molecular flexibility index (Phi) is 4.55. The Hall–Kier alpha value is -2.00. The minimum absolute atomic E-state index is 0.00287. The molecule has 1 aromatic carbocycles. The van der Waals surface area contributed by atoms with Crippen molar-refractivity contribution in [2.75, 3.05) is 6.54 Å². The Morgan fingerprint density at radius 2 is 2.06 bits per heavy atom. The summed E-state index contributed by atoms with van der Waals surface area (Å²) in [6.07, 6.45) is 0.653. The summed E-state index contributed by atoms with van der Waals surface area (Å²) < 4.78 is 13.5. The summed E-state index contributed by atoms with van der Waals surface area (Å²) in [5.74, 6) is -0.190. The zero-order chi connectivity index (χ0) is 12.8. The first-order valence-electron chi connectivity index (χ1n) is 5.10. The van der Waals surface area contributed by atoms with Crippen molar-refractivity contribution in [3.8, 4) is 0 Å². The summed E-state index contributed by atoms with van der Waals surface area (Å²) in [7, 11) is 0. The van der Waals surface area contributed by atoms with Crippen LogP contribution in [0.3, 0.4) is 0 Å². The molecule has 0 aliphatic carbocycles. The van der Waals surface area contributed by atoms with Crippen molar-refractivity contribution in [2.45, 2.75) is 19.3 Å². The van der Waals surface area contributed by atoms with Crippen molar-refractivity contribution >= 4 is 12.1 Å². The van der Waals surface area contributed by atoms with Crippen LogP contribution in [0.15, 0.2) is 18.2 Å². The maximum atomic E-state index is 13.5. The average molecular weight is 237 g/mol. The van der Waals surface area contributed by atoms with Crippen LogP contribution in [0, 0.1) is 12.7 Å². The highest BCUT2D eigenvalue weighted by Crippen LogP contribution is 2.25. The summed E-state index contributed by atoms with van der Waals surface area (Å²) >= 11 is 0. The van der Waals surface area contributed by atoms with Gasteiger partial charge in [0.1, 0.15) is 5.82 Å². The van der Waals surface area contributed by atoms with E-state index in [9.17, 15) is 9.18 Å². The highest BCUT2D eigenvalue weighted by atomic mass is 19.1. The summed E-state index contributed by atoms with van der Waals surface area (Å²) in [4.78, 5) is 27.2. The van der Waals surface area contributed by atoms with Crippen LogP contribution in [0.1, 0.15) is 23.5 Å². The van der Waals surface area contributed by atoms with Gasteiger partial charge in [0.2, 0.25) is 5.91 Å². The maximum absolute atomic E-state index is 13.5. The highest BCUT2D eigenvalue weighted by Gasteiger charge is 2.24. The van der Waals surface area contributed by atoms with Crippen LogP contribution in [0.4, 0.5) is 4.39 Å². The Morgan fingerprint density at radius 1 is 1.41 bits per heavy atom. The monoisotopic (exact) mass is 237 g/mol. The lowest BCUT2D eigenvalue weighted by atomic mass is 9.97. The van der Waals surface area contributed by atoms with E-state index in [1.807, 2.05) is 13.0 Å². The van der Waals surface area contributed by atoms with Crippen molar-refractivity contribution in [3.63, 3.8) is 0 Å². The number of aryl methyl sites for hydroxylation is 1. The number of nitrogens with one attached hydrogen (secondary N) is 1. The van der Waals surface area contributed by atoms with E-state index in [4.69, 9.17) is 9.59 Å². The molecule has 1 atom stereocenters. The molecule has 17 heavy (non-hydrogen) atoms. The van der Waals surface area contributed by atoms with E-state index in [2.05, 4.69) is 5.32 Å². The molecule has 1 aliphatic heterocycles. The Labute approximate surface area is 97.8 Å². The van der Waals surface area contributed by atoms with Gasteiger partial charge in [0.25, 0.3) is 0 Å². The molecule has 1 amide bonds. The minimum atomic E-state index is -0.202. The number of benzene rings is 1. The summed E-state index contributed by atoms with van der Waals surface area (Å²) in [6.45, 7) is 2.41. The van der Waals surface area contributed by atoms with E-state index in [1.165, 1.54) is 6.07 Å². The smallest absolute Gasteiger partial charge is 0.355 e. The third kappa shape index (κ3) is 3.50. The molecule has 1 fully saturated rings. The molecular weight excluding hydrogens is 225 g/mol. The van der Waals surface area contributed by atoms with Crippen molar-refractivity contribution < 1.29 is 18.8 Å². The lowest BCUT2D eigenvalue weighted by molar-refractivity contribution is -0.191. The van der Waals surface area contributed by atoms with Crippen LogP contribution in [0.2, 0.25) is 0 Å². The second-order valence-electron chi connectivity index (χ2n) is 3.81. The molecule has 1 aliphatic rings. The fourth-order valence-corrected chi connectivity index (χ4v) is 1.79. The molecule has 0 spiro atoms. The highest BCUT2D eigenvalue weighted by molar-refractivity contribution is 5.79. The number of amides is 1. The van der Waals surface area contributed by atoms with Gasteiger partial charge < -0.3 is 5.32 Å². The maximum Gasteiger partial charge on any atom is 0.373 e. The van der Waals surface area contributed by atoms with Crippen molar-refractivity contribution in [3.05, 3.63) is 35.1 Å². The van der Waals surface area contributed by atoms with Gasteiger partial charge in [-0.15, -0.1) is 0 Å². The van der Waals surface area contributed by atoms with Crippen LogP contribution in [0.5, 0.6) is 0 Å². The first kappa shape index (κ1) is 13.1. The fourth-order valence-electron chi connectivity index (χ4n) is 1.79. The molecular formula is C12H12FNO3. The van der Waals surface area contributed by atoms with Gasteiger partial charge in [0.05, 0.1) is 0 Å². The van der Waals surface area contributed by atoms with Crippen LogP contribution in [0.25, 0.3) is 0 Å². The molecule has 0 bridgehead atoms. The first-order valence-corrected chi connectivity index (χ1v) is 5.10. The number of halogens is 1. The van der Waals surface area contributed by atoms with Crippen molar-refractivity contribution in [1.29, 1.82) is 0 Å². The van der Waals surface area contributed by atoms with E-state index in [0.717, 1.165) is 5.56 Å². The molecule has 0 saturated carbocycles. The van der Waals surface area contributed by atoms with Crippen LogP contribution < -0.4 is 5.32 Å². The standard InChI is InChI=1S/C11H12FNO.CO2/c1-7-2-3-9(10(12)4-7)8-5-11(14)13-6-8;2-1-3/h2-4,8H,5-6H2,1H3,(H,13,14);/t8-;/m0./s1. The molecule has 1 aromatic rings. The van der Waals surface area contributed by atoms with Crippen molar-refractivity contribution in [1.82, 2.24) is 5.32 Å². The van der Waals surface area contributed by atoms with Gasteiger partial charge in [0, 0.05) is 18.9 Å². The Bertz CT molecular complexity index is 453. The average Bonchev–Trinajstić information content (AvgIpc) is 2.66. The summed E-state index contributed by atoms with van der Waals surface area (Å²) in [6, 6.07) is 5.16. The van der Waals surface area contributed by atoms with E-state index < -0.39 is 0 Å². The molecule has 5 heteroatoms. The molecule has 4 nitrogen and oxygen atoms in total. The van der Waals surface area contributed by atoms with E-state index in [0.29, 0.717) is 18.5 Å². The molecule has 0 radical (unpaired) electrons. The third-order valence-corrected chi connectivity index (χ3v) is 2.57. The van der Waals surface area contributed by atoms with Crippen molar-refractivity contribution in [2.24, 2.45) is 0 Å². The van der Waals surface area contributed by atoms with Gasteiger partial charge in [-0.05, 0) is 24.1 Å². The molecule has 90 valence electrons. The van der Waals surface area contributed by atoms with Gasteiger partial charge in [-0.2, -0.15) is 9.59 Å². The van der Waals surface area contributed by atoms with Gasteiger partial charge in [0.15, 0.2) is 0 Å². The van der Waals surface area contributed by atoms with Crippen LogP contribution in [-0.2, 0) is 14.4 Å². The Balaban J connectivity index is 0.000000437. The zero-order valence-electron chi connectivity index (χ0n) is 9.33. The molecule has 1 heterocycles. The minimum Gasteiger partial charge on any atom is -0.355 e. The second-order valence-corrected chi connectivity index (χ2v) is 3.81. The molecule has 1 N–H and O–H groups in total. The van der Waals surface area contributed by atoms with Gasteiger partial charge in [-0.25, -0.2) is 4.39 Å². The second kappa shape index (κ2) is 5.92. The largest absolute Gasteiger partial charge is 0.373 e. The van der Waals surface area contributed by atoms with E-state index in [-0.39, 0.29) is 23.8 Å². The number of hydrogen-bond acceptors (Lipinski definition) is 3. The number of carbonyl (C=O) groups excluding carboxylic acids is 3. The fraction of sp³-hybridized carbons (Fsp3) is 0.333. The van der Waals surface area contributed by atoms with Crippen LogP contribution in [-0.4, -0.2) is 18.6 Å². The number of hydrogen-bond donors (Lipinski definition) is 1. The van der Waals surface area contributed by atoms with Gasteiger partial charge in [-0.1, -0.05) is 12.1 Å². The molecule has 0 unspecified atom stereocenters. The van der Waals surface area contributed by atoms with Gasteiger partial charge in [-0.3, -0.25) is 4.79 Å². The first-order chi connectivity index (χ1) is 8.08. The summed E-state index contributed by atoms with van der Waals surface area (Å²) in [5.41, 5.74) is 1.55. The summed E-state index contributed by atoms with van der Waals surface area (Å²) in [5, 5.41) is 2.70. The molecule has 2 rings (SSSR count). The normalized spacial score (nSPS) is 17.8. The topological polar surface area (TPSA) is 63.2 Å². The molecule has 1 saturated heterocycles. The quantitative estimate of drug-likeness (QED) is 0.797. The van der Waals surface area contributed by atoms with Gasteiger partial charge >= 0.3 is 6.15 Å².